The summed E-state index contributed by atoms with van der Waals surface area (Å²) in [5.41, 5.74) is 6.45. The van der Waals surface area contributed by atoms with Crippen molar-refractivity contribution in [3.63, 3.8) is 0 Å². The minimum absolute atomic E-state index is 0. The van der Waals surface area contributed by atoms with Gasteiger partial charge in [0.25, 0.3) is 0 Å². The Hall–Kier alpha value is 0.0112. The number of allylic oxidation sites excluding steroid dienone is 4. The molecule has 1 unspecified atom stereocenters. The molecule has 1 aliphatic rings. The Morgan fingerprint density at radius 2 is 1.29 bits per heavy atom. The van der Waals surface area contributed by atoms with E-state index in [2.05, 4.69) is 46.9 Å². The molecule has 0 aromatic heterocycles. The van der Waals surface area contributed by atoms with Crippen LogP contribution in [0.2, 0.25) is 13.1 Å². The van der Waals surface area contributed by atoms with E-state index in [1.54, 1.807) is 12.1 Å². The van der Waals surface area contributed by atoms with Gasteiger partial charge in [-0.05, 0) is 37.1 Å². The van der Waals surface area contributed by atoms with Crippen LogP contribution in [0.1, 0.15) is 38.8 Å². The van der Waals surface area contributed by atoms with Crippen molar-refractivity contribution >= 4 is 34.3 Å². The average Bonchev–Trinajstić information content (AvgIpc) is 2.56. The van der Waals surface area contributed by atoms with E-state index in [9.17, 15) is 0 Å². The monoisotopic (exact) mass is 422 g/mol. The van der Waals surface area contributed by atoms with Crippen molar-refractivity contribution in [3.8, 4) is 5.75 Å². The largest absolute Gasteiger partial charge is 0.508 e. The predicted octanol–water partition coefficient (Wildman–Crippen LogP) is 6.09. The molecule has 1 atom stereocenters. The van der Waals surface area contributed by atoms with Crippen molar-refractivity contribution in [2.45, 2.75) is 54.6 Å². The zero-order chi connectivity index (χ0) is 16.6. The van der Waals surface area contributed by atoms with Crippen molar-refractivity contribution < 1.29 is 26.8 Å². The molecule has 0 spiro atoms. The molecule has 5 heteroatoms. The summed E-state index contributed by atoms with van der Waals surface area (Å²) in [6.07, 6.45) is 3.36. The van der Waals surface area contributed by atoms with Gasteiger partial charge in [-0.3, -0.25) is 6.08 Å². The number of benzene rings is 1. The number of hydrogen-bond donors (Lipinski definition) is 1. The topological polar surface area (TPSA) is 20.2 Å². The molecule has 1 radical (unpaired) electrons. The maximum atomic E-state index is 8.99. The standard InChI is InChI=1S/C9H13.C8H10O.C2H7Si.2ClH.Ti/c1-6-5-7(2)9(4)8(6)3;1-6-3-7(2)5-8(9)4-6;1-3-2;;;/h6H,1-4H3;3-5,9H,1-2H3;3H,1-2H3;2*1H;/q-1;;;;;. The van der Waals surface area contributed by atoms with Gasteiger partial charge in [0.1, 0.15) is 5.75 Å². The summed E-state index contributed by atoms with van der Waals surface area (Å²) in [4.78, 5) is 0. The van der Waals surface area contributed by atoms with Crippen molar-refractivity contribution in [1.82, 2.24) is 0 Å². The van der Waals surface area contributed by atoms with Gasteiger partial charge in [-0.2, -0.15) is 11.1 Å². The first kappa shape index (κ1) is 31.8. The van der Waals surface area contributed by atoms with Crippen molar-refractivity contribution in [2.24, 2.45) is 5.92 Å². The zero-order valence-corrected chi connectivity index (χ0v) is 20.5. The summed E-state index contributed by atoms with van der Waals surface area (Å²) >= 11 is 0. The van der Waals surface area contributed by atoms with Crippen LogP contribution in [0.3, 0.4) is 0 Å². The minimum Gasteiger partial charge on any atom is -0.508 e. The molecule has 1 nitrogen and oxygen atoms in total. The van der Waals surface area contributed by atoms with E-state index in [4.69, 9.17) is 5.11 Å². The quantitative estimate of drug-likeness (QED) is 0.396. The molecular weight excluding hydrogens is 391 g/mol. The number of halogens is 2. The first-order valence-electron chi connectivity index (χ1n) is 7.52. The molecule has 1 aromatic carbocycles. The fourth-order valence-corrected chi connectivity index (χ4v) is 2.11. The van der Waals surface area contributed by atoms with Gasteiger partial charge in [0.15, 0.2) is 0 Å². The number of aromatic hydroxyl groups is 1. The summed E-state index contributed by atoms with van der Waals surface area (Å²) < 4.78 is 0. The first-order chi connectivity index (χ1) is 9.72. The third-order valence-electron chi connectivity index (χ3n) is 3.44. The summed E-state index contributed by atoms with van der Waals surface area (Å²) in [6.45, 7) is 17.0. The molecule has 2 rings (SSSR count). The van der Waals surface area contributed by atoms with Crippen LogP contribution in [0.15, 0.2) is 34.9 Å². The summed E-state index contributed by atoms with van der Waals surface area (Å²) in [5.74, 6) is 0.914. The fourth-order valence-electron chi connectivity index (χ4n) is 2.11. The van der Waals surface area contributed by atoms with E-state index in [1.165, 1.54) is 16.7 Å². The number of aryl methyl sites for hydroxylation is 2. The number of phenolic OH excluding ortho intramolecular Hbond substituents is 1. The molecule has 0 amide bonds. The van der Waals surface area contributed by atoms with Gasteiger partial charge in [0.2, 0.25) is 0 Å². The number of rotatable bonds is 0. The maximum Gasteiger partial charge on any atom is 0.116 e. The first-order valence-corrected chi connectivity index (χ1v) is 9.82. The average molecular weight is 423 g/mol. The second-order valence-corrected chi connectivity index (χ2v) is 6.88. The van der Waals surface area contributed by atoms with E-state index in [0.29, 0.717) is 11.7 Å². The van der Waals surface area contributed by atoms with Crippen LogP contribution in [0.5, 0.6) is 5.75 Å². The molecule has 1 N–H and O–H groups in total. The molecule has 137 valence electrons. The minimum atomic E-state index is 0. The third-order valence-corrected chi connectivity index (χ3v) is 3.44. The number of hydrogen-bond acceptors (Lipinski definition) is 1. The zero-order valence-electron chi connectivity index (χ0n) is 16.2. The molecule has 0 fully saturated rings. The molecule has 0 saturated carbocycles. The van der Waals surface area contributed by atoms with Crippen molar-refractivity contribution in [1.29, 1.82) is 0 Å². The molecule has 24 heavy (non-hydrogen) atoms. The van der Waals surface area contributed by atoms with Gasteiger partial charge < -0.3 is 5.11 Å². The van der Waals surface area contributed by atoms with E-state index in [0.717, 1.165) is 20.6 Å². The van der Waals surface area contributed by atoms with Crippen LogP contribution in [-0.2, 0) is 21.7 Å². The molecule has 1 aromatic rings. The molecule has 1 aliphatic carbocycles. The summed E-state index contributed by atoms with van der Waals surface area (Å²) in [7, 11) is 0.750. The molecule has 0 heterocycles. The second-order valence-electron chi connectivity index (χ2n) is 5.72. The SMILES string of the molecule is CC1=[C-]C(C)C(C)=C1C.C[SiH]C.Cc1cc(C)cc(O)c1.Cl.Cl.[Ti]. The Morgan fingerprint density at radius 3 is 1.46 bits per heavy atom. The fraction of sp³-hybridized carbons (Fsp3) is 0.474. The van der Waals surface area contributed by atoms with Crippen molar-refractivity contribution in [3.05, 3.63) is 52.1 Å². The molecule has 0 bridgehead atoms. The molecule has 0 saturated heterocycles. The van der Waals surface area contributed by atoms with E-state index >= 15 is 0 Å². The smallest absolute Gasteiger partial charge is 0.116 e. The van der Waals surface area contributed by atoms with Crippen LogP contribution >= 0.6 is 24.8 Å². The Morgan fingerprint density at radius 1 is 0.917 bits per heavy atom. The van der Waals surface area contributed by atoms with Gasteiger partial charge in [0, 0.05) is 31.2 Å². The maximum absolute atomic E-state index is 8.99. The van der Waals surface area contributed by atoms with Crippen LogP contribution in [0.4, 0.5) is 0 Å². The normalized spacial score (nSPS) is 14.5. The molecular formula is C19H32Cl2OSiTi-. The van der Waals surface area contributed by atoms with Gasteiger partial charge in [-0.25, -0.2) is 5.57 Å². The van der Waals surface area contributed by atoms with E-state index < -0.39 is 0 Å². The van der Waals surface area contributed by atoms with E-state index in [1.807, 2.05) is 19.9 Å². The Bertz CT molecular complexity index is 478. The van der Waals surface area contributed by atoms with Gasteiger partial charge in [-0.15, -0.1) is 31.7 Å². The van der Waals surface area contributed by atoms with Crippen molar-refractivity contribution in [2.75, 3.05) is 0 Å². The Balaban J connectivity index is -0.000000130. The van der Waals surface area contributed by atoms with Gasteiger partial charge in [-0.1, -0.05) is 45.8 Å². The van der Waals surface area contributed by atoms with Crippen LogP contribution in [0, 0.1) is 25.8 Å². The van der Waals surface area contributed by atoms with Crippen LogP contribution < -0.4 is 0 Å². The Kier molecular flexibility index (Phi) is 21.8. The predicted molar refractivity (Wildman–Crippen MR) is 111 cm³/mol. The second kappa shape index (κ2) is 16.5. The van der Waals surface area contributed by atoms with E-state index in [-0.39, 0.29) is 46.5 Å². The third kappa shape index (κ3) is 12.4. The van der Waals surface area contributed by atoms with Crippen LogP contribution in [0.25, 0.3) is 0 Å². The molecule has 0 aliphatic heterocycles. The Labute approximate surface area is 178 Å². The summed E-state index contributed by atoms with van der Waals surface area (Å²) in [5, 5.41) is 8.99. The number of phenols is 1. The van der Waals surface area contributed by atoms with Crippen LogP contribution in [-0.4, -0.2) is 14.6 Å². The van der Waals surface area contributed by atoms with Gasteiger partial charge in [0.05, 0.1) is 0 Å². The van der Waals surface area contributed by atoms with Gasteiger partial charge >= 0.3 is 0 Å². The summed E-state index contributed by atoms with van der Waals surface area (Å²) in [6, 6.07) is 5.51.